The lowest BCUT2D eigenvalue weighted by atomic mass is 10.1. The summed E-state index contributed by atoms with van der Waals surface area (Å²) in [5.41, 5.74) is 13.7. The molecule has 0 saturated carbocycles. The van der Waals surface area contributed by atoms with Gasteiger partial charge < -0.3 is 21.5 Å². The monoisotopic (exact) mass is 412 g/mol. The number of nitrogens with one attached hydrogen (secondary N) is 2. The molecule has 1 aromatic heterocycles. The second-order valence-electron chi connectivity index (χ2n) is 7.17. The largest absolute Gasteiger partial charge is 0.454 e. The Hall–Kier alpha value is -3.46. The maximum absolute atomic E-state index is 13.8. The molecule has 1 saturated heterocycles. The average molecular weight is 412 g/mol. The summed E-state index contributed by atoms with van der Waals surface area (Å²) in [6.45, 7) is 1.71. The van der Waals surface area contributed by atoms with Crippen molar-refractivity contribution < 1.29 is 13.5 Å². The van der Waals surface area contributed by atoms with Crippen LogP contribution in [-0.4, -0.2) is 28.7 Å². The van der Waals surface area contributed by atoms with Crippen LogP contribution in [0, 0.1) is 17.0 Å². The van der Waals surface area contributed by atoms with E-state index < -0.39 is 11.6 Å². The summed E-state index contributed by atoms with van der Waals surface area (Å²) in [5.74, 6) is -0.964. The van der Waals surface area contributed by atoms with E-state index in [0.717, 1.165) is 38.1 Å². The van der Waals surface area contributed by atoms with Crippen molar-refractivity contribution in [3.05, 3.63) is 59.7 Å². The highest BCUT2D eigenvalue weighted by Gasteiger charge is 2.25. The van der Waals surface area contributed by atoms with Crippen molar-refractivity contribution in [1.82, 2.24) is 15.1 Å². The molecule has 0 amide bonds. The number of nitrogen functional groups attached to an aromatic ring is 2. The van der Waals surface area contributed by atoms with Crippen molar-refractivity contribution in [2.24, 2.45) is 5.73 Å². The number of hydrogen-bond donors (Lipinski definition) is 4. The van der Waals surface area contributed by atoms with Crippen LogP contribution in [0.15, 0.2) is 42.5 Å². The molecule has 0 aliphatic carbocycles. The van der Waals surface area contributed by atoms with E-state index in [1.165, 1.54) is 6.07 Å². The third-order valence-corrected chi connectivity index (χ3v) is 5.08. The first kappa shape index (κ1) is 19.8. The molecule has 1 unspecified atom stereocenters. The quantitative estimate of drug-likeness (QED) is 0.379. The van der Waals surface area contributed by atoms with Gasteiger partial charge in [-0.3, -0.25) is 5.41 Å². The maximum Gasteiger partial charge on any atom is 0.168 e. The molecule has 6 N–H and O–H groups in total. The van der Waals surface area contributed by atoms with Gasteiger partial charge in [0.25, 0.3) is 0 Å². The fourth-order valence-electron chi connectivity index (χ4n) is 3.60. The van der Waals surface area contributed by atoms with Crippen molar-refractivity contribution in [3.8, 4) is 22.8 Å². The average Bonchev–Trinajstić information content (AvgIpc) is 3.09. The highest BCUT2D eigenvalue weighted by atomic mass is 19.1. The molecule has 30 heavy (non-hydrogen) atoms. The molecule has 1 aliphatic heterocycles. The van der Waals surface area contributed by atoms with Crippen LogP contribution >= 0.6 is 0 Å². The maximum atomic E-state index is 13.8. The third-order valence-electron chi connectivity index (χ3n) is 5.08. The van der Waals surface area contributed by atoms with Gasteiger partial charge in [-0.25, -0.2) is 13.5 Å². The van der Waals surface area contributed by atoms with Crippen LogP contribution in [0.25, 0.3) is 11.3 Å². The van der Waals surface area contributed by atoms with E-state index in [1.54, 1.807) is 28.9 Å². The molecule has 3 aromatic rings. The predicted octanol–water partition coefficient (Wildman–Crippen LogP) is 3.41. The molecule has 1 aliphatic rings. The molecule has 1 atom stereocenters. The van der Waals surface area contributed by atoms with E-state index >= 15 is 0 Å². The summed E-state index contributed by atoms with van der Waals surface area (Å²) in [4.78, 5) is 0. The summed E-state index contributed by atoms with van der Waals surface area (Å²) in [5, 5.41) is 15.9. The van der Waals surface area contributed by atoms with Crippen LogP contribution in [0.3, 0.4) is 0 Å². The molecule has 2 aromatic carbocycles. The highest BCUT2D eigenvalue weighted by Crippen LogP contribution is 2.32. The predicted molar refractivity (Wildman–Crippen MR) is 111 cm³/mol. The van der Waals surface area contributed by atoms with Gasteiger partial charge in [0, 0.05) is 18.2 Å². The first-order valence-corrected chi connectivity index (χ1v) is 9.60. The summed E-state index contributed by atoms with van der Waals surface area (Å²) >= 11 is 0. The van der Waals surface area contributed by atoms with E-state index in [1.807, 2.05) is 0 Å². The number of hydrogen-bond acceptors (Lipinski definition) is 5. The third kappa shape index (κ3) is 3.84. The Morgan fingerprint density at radius 1 is 1.20 bits per heavy atom. The van der Waals surface area contributed by atoms with Crippen molar-refractivity contribution >= 4 is 11.7 Å². The van der Waals surface area contributed by atoms with Gasteiger partial charge in [0.2, 0.25) is 0 Å². The standard InChI is InChI=1S/C21H22F2N6O/c22-13-5-8-17(16(23)10-13)30-15-6-3-12(4-7-15)19-18(20(24)25)21(26)29(28-19)14-2-1-9-27-11-14/h3-8,10,14,27H,1-2,9,11,26H2,(H3,24,25). The fraction of sp³-hybridized carbons (Fsp3) is 0.238. The van der Waals surface area contributed by atoms with Crippen LogP contribution in [0.2, 0.25) is 0 Å². The van der Waals surface area contributed by atoms with Gasteiger partial charge in [0.05, 0.1) is 11.6 Å². The summed E-state index contributed by atoms with van der Waals surface area (Å²) in [6.07, 6.45) is 1.95. The van der Waals surface area contributed by atoms with E-state index in [-0.39, 0.29) is 17.6 Å². The molecule has 0 radical (unpaired) electrons. The Bertz CT molecular complexity index is 1070. The van der Waals surface area contributed by atoms with E-state index in [2.05, 4.69) is 10.4 Å². The van der Waals surface area contributed by atoms with Gasteiger partial charge in [-0.05, 0) is 55.8 Å². The van der Waals surface area contributed by atoms with Gasteiger partial charge in [0.1, 0.15) is 28.9 Å². The Balaban J connectivity index is 1.64. The number of rotatable bonds is 5. The summed E-state index contributed by atoms with van der Waals surface area (Å²) in [7, 11) is 0. The molecular weight excluding hydrogens is 390 g/mol. The molecule has 1 fully saturated rings. The number of benzene rings is 2. The van der Waals surface area contributed by atoms with Gasteiger partial charge in [-0.15, -0.1) is 0 Å². The first-order chi connectivity index (χ1) is 14.4. The van der Waals surface area contributed by atoms with E-state index in [4.69, 9.17) is 21.6 Å². The Morgan fingerprint density at radius 2 is 1.97 bits per heavy atom. The normalized spacial score (nSPS) is 16.4. The minimum absolute atomic E-state index is 0.0769. The number of piperidine rings is 1. The Labute approximate surface area is 172 Å². The SMILES string of the molecule is N=C(N)c1c(-c2ccc(Oc3ccc(F)cc3F)cc2)nn(C2CCCNC2)c1N. The van der Waals surface area contributed by atoms with Crippen LogP contribution in [0.5, 0.6) is 11.5 Å². The van der Waals surface area contributed by atoms with Gasteiger partial charge >= 0.3 is 0 Å². The number of ether oxygens (including phenoxy) is 1. The molecule has 4 rings (SSSR count). The first-order valence-electron chi connectivity index (χ1n) is 9.60. The minimum Gasteiger partial charge on any atom is -0.454 e. The zero-order chi connectivity index (χ0) is 21.3. The number of anilines is 1. The fourth-order valence-corrected chi connectivity index (χ4v) is 3.60. The second-order valence-corrected chi connectivity index (χ2v) is 7.17. The number of aromatic nitrogens is 2. The molecule has 0 bridgehead atoms. The topological polar surface area (TPSA) is 115 Å². The van der Waals surface area contributed by atoms with Crippen LogP contribution in [0.1, 0.15) is 24.4 Å². The molecule has 9 heteroatoms. The number of nitrogens with zero attached hydrogens (tertiary/aromatic N) is 2. The van der Waals surface area contributed by atoms with E-state index in [9.17, 15) is 8.78 Å². The van der Waals surface area contributed by atoms with Crippen molar-refractivity contribution in [2.45, 2.75) is 18.9 Å². The Morgan fingerprint density at radius 3 is 2.60 bits per heavy atom. The van der Waals surface area contributed by atoms with Crippen molar-refractivity contribution in [2.75, 3.05) is 18.8 Å². The second kappa shape index (κ2) is 8.11. The zero-order valence-corrected chi connectivity index (χ0v) is 16.2. The van der Waals surface area contributed by atoms with Crippen molar-refractivity contribution in [1.29, 1.82) is 5.41 Å². The lowest BCUT2D eigenvalue weighted by Crippen LogP contribution is -2.32. The lowest BCUT2D eigenvalue weighted by Gasteiger charge is -2.24. The Kier molecular flexibility index (Phi) is 5.37. The zero-order valence-electron chi connectivity index (χ0n) is 16.2. The van der Waals surface area contributed by atoms with Gasteiger partial charge in [0.15, 0.2) is 11.6 Å². The van der Waals surface area contributed by atoms with Crippen LogP contribution in [-0.2, 0) is 0 Å². The molecule has 0 spiro atoms. The van der Waals surface area contributed by atoms with Gasteiger partial charge in [-0.2, -0.15) is 5.10 Å². The number of amidine groups is 1. The summed E-state index contributed by atoms with van der Waals surface area (Å²) < 4.78 is 34.1. The molecule has 2 heterocycles. The summed E-state index contributed by atoms with van der Waals surface area (Å²) in [6, 6.07) is 9.95. The highest BCUT2D eigenvalue weighted by molar-refractivity contribution is 6.04. The number of nitrogens with two attached hydrogens (primary N) is 2. The molecule has 156 valence electrons. The number of halogens is 2. The smallest absolute Gasteiger partial charge is 0.168 e. The van der Waals surface area contributed by atoms with Crippen molar-refractivity contribution in [3.63, 3.8) is 0 Å². The lowest BCUT2D eigenvalue weighted by molar-refractivity contribution is 0.351. The molecule has 7 nitrogen and oxygen atoms in total. The molecular formula is C21H22F2N6O. The minimum atomic E-state index is -0.787. The van der Waals surface area contributed by atoms with E-state index in [0.29, 0.717) is 28.4 Å². The van der Waals surface area contributed by atoms with Gasteiger partial charge in [-0.1, -0.05) is 0 Å². The van der Waals surface area contributed by atoms with Crippen LogP contribution < -0.4 is 21.5 Å². The van der Waals surface area contributed by atoms with Crippen LogP contribution in [0.4, 0.5) is 14.6 Å².